The van der Waals surface area contributed by atoms with Crippen molar-refractivity contribution in [3.05, 3.63) is 0 Å². The van der Waals surface area contributed by atoms with Gasteiger partial charge in [0.05, 0.1) is 0 Å². The van der Waals surface area contributed by atoms with Gasteiger partial charge in [0.2, 0.25) is 0 Å². The summed E-state index contributed by atoms with van der Waals surface area (Å²) < 4.78 is 0. The fraction of sp³-hybridized carbons (Fsp3) is 1.00. The van der Waals surface area contributed by atoms with Gasteiger partial charge in [-0.05, 0) is 0 Å². The average molecular weight is 280 g/mol. The number of rotatable bonds is 0. The minimum absolute atomic E-state index is 0.650. The fourth-order valence-electron chi connectivity index (χ4n) is 0. The molecule has 0 atom stereocenters. The Morgan fingerprint density at radius 1 is 1.20 bits per heavy atom. The zero-order chi connectivity index (χ0) is 4.50. The van der Waals surface area contributed by atoms with Crippen LogP contribution in [0.5, 0.6) is 0 Å². The Kier molecular flexibility index (Phi) is 2.53. The van der Waals surface area contributed by atoms with Crippen LogP contribution in [0.15, 0.2) is 0 Å². The first-order valence-corrected chi connectivity index (χ1v) is 9.87. The van der Waals surface area contributed by atoms with Crippen LogP contribution in [0.2, 0.25) is 15.4 Å². The molecular formula is C3H9AgI. The van der Waals surface area contributed by atoms with Gasteiger partial charge in [-0.3, -0.25) is 0 Å². The van der Waals surface area contributed by atoms with Crippen molar-refractivity contribution in [1.29, 1.82) is 0 Å². The minimum atomic E-state index is -0.650. The van der Waals surface area contributed by atoms with Crippen molar-refractivity contribution in [2.45, 2.75) is 15.4 Å². The molecule has 0 aromatic rings. The molecule has 0 spiro atoms. The van der Waals surface area contributed by atoms with Gasteiger partial charge >= 0.3 is 47.8 Å². The van der Waals surface area contributed by atoms with Crippen LogP contribution in [-0.4, -0.2) is 0 Å². The van der Waals surface area contributed by atoms with Crippen LogP contribution in [0, 0.1) is 0 Å². The molecule has 0 aliphatic carbocycles. The van der Waals surface area contributed by atoms with Crippen molar-refractivity contribution in [2.75, 3.05) is 0 Å². The molecule has 39 valence electrons. The molecule has 5 heavy (non-hydrogen) atoms. The van der Waals surface area contributed by atoms with Crippen molar-refractivity contribution in [3.63, 3.8) is 0 Å². The quantitative estimate of drug-likeness (QED) is 0.472. The topological polar surface area (TPSA) is 0 Å². The van der Waals surface area contributed by atoms with Gasteiger partial charge < -0.3 is 0 Å². The van der Waals surface area contributed by atoms with E-state index in [0.29, 0.717) is 0 Å². The first kappa shape index (κ1) is 6.47. The molecule has 0 nitrogen and oxygen atoms in total. The van der Waals surface area contributed by atoms with Crippen molar-refractivity contribution < 1.29 is 13.3 Å². The zero-order valence-electron chi connectivity index (χ0n) is 3.68. The maximum atomic E-state index is 2.52. The Bertz CT molecular complexity index is 22.4. The van der Waals surface area contributed by atoms with Gasteiger partial charge in [-0.1, -0.05) is 0 Å². The molecular weight excluding hydrogens is 271 g/mol. The summed E-state index contributed by atoms with van der Waals surface area (Å²) in [7, 11) is 0. The molecule has 0 radical (unpaired) electrons. The summed E-state index contributed by atoms with van der Waals surface area (Å²) in [5.41, 5.74) is 0. The van der Waals surface area contributed by atoms with Crippen molar-refractivity contribution >= 4 is 19.0 Å². The Labute approximate surface area is 47.4 Å². The van der Waals surface area contributed by atoms with Crippen LogP contribution in [-0.2, 0) is 13.3 Å². The Balaban J connectivity index is 3.02. The van der Waals surface area contributed by atoms with Crippen LogP contribution in [0.25, 0.3) is 0 Å². The van der Waals surface area contributed by atoms with Gasteiger partial charge in [0, 0.05) is 0 Å². The molecule has 0 heterocycles. The third kappa shape index (κ3) is 30.5. The zero-order valence-corrected chi connectivity index (χ0v) is 7.32. The van der Waals surface area contributed by atoms with E-state index in [0.717, 1.165) is 0 Å². The number of hydrogen-bond donors (Lipinski definition) is 0. The van der Waals surface area contributed by atoms with Gasteiger partial charge in [0.25, 0.3) is 0 Å². The Morgan fingerprint density at radius 3 is 1.20 bits per heavy atom. The van der Waals surface area contributed by atoms with Gasteiger partial charge in [-0.15, -0.1) is 0 Å². The normalized spacial score (nSPS) is 15.2. The Morgan fingerprint density at radius 2 is 1.20 bits per heavy atom. The van der Waals surface area contributed by atoms with Crippen molar-refractivity contribution in [1.82, 2.24) is 0 Å². The van der Waals surface area contributed by atoms with Crippen LogP contribution < -0.4 is 0 Å². The second kappa shape index (κ2) is 1.96. The predicted molar refractivity (Wildman–Crippen MR) is 31.6 cm³/mol. The molecule has 0 bridgehead atoms. The molecule has 0 aromatic heterocycles. The van der Waals surface area contributed by atoms with Gasteiger partial charge in [0.15, 0.2) is 0 Å². The second-order valence-corrected chi connectivity index (χ2v) is 18.9. The van der Waals surface area contributed by atoms with E-state index in [1.54, 1.807) is 0 Å². The predicted octanol–water partition coefficient (Wildman–Crippen LogP) is 2.63. The summed E-state index contributed by atoms with van der Waals surface area (Å²) in [4.78, 5) is 0. The number of halogens is 1. The van der Waals surface area contributed by atoms with Crippen LogP contribution in [0.4, 0.5) is 0 Å². The van der Waals surface area contributed by atoms with Gasteiger partial charge in [-0.2, -0.15) is 0 Å². The van der Waals surface area contributed by atoms with Crippen LogP contribution in [0.1, 0.15) is 0 Å². The third-order valence-electron chi connectivity index (χ3n) is 0. The van der Waals surface area contributed by atoms with E-state index in [2.05, 4.69) is 34.4 Å². The summed E-state index contributed by atoms with van der Waals surface area (Å²) in [5, 5.41) is 6.94. The number of hydrogen-bond acceptors (Lipinski definition) is 0. The van der Waals surface area contributed by atoms with E-state index in [9.17, 15) is 0 Å². The molecule has 0 amide bonds. The van der Waals surface area contributed by atoms with Crippen LogP contribution >= 0.6 is 19.0 Å². The summed E-state index contributed by atoms with van der Waals surface area (Å²) in [5.74, 6) is 0. The first-order chi connectivity index (χ1) is 2.00. The van der Waals surface area contributed by atoms with Gasteiger partial charge in [0.1, 0.15) is 0 Å². The summed E-state index contributed by atoms with van der Waals surface area (Å²) in [6, 6.07) is 0. The maximum absolute atomic E-state index is 2.52. The van der Waals surface area contributed by atoms with E-state index >= 15 is 0 Å². The summed E-state index contributed by atoms with van der Waals surface area (Å²) in [6.45, 7) is 0. The monoisotopic (exact) mass is 279 g/mol. The molecule has 0 unspecified atom stereocenters. The fourth-order valence-corrected chi connectivity index (χ4v) is 0. The molecule has 0 aromatic carbocycles. The SMILES string of the molecule is [CH3][Ag]([CH3])([CH3])[I]. The van der Waals surface area contributed by atoms with E-state index in [1.807, 2.05) is 0 Å². The molecule has 0 saturated carbocycles. The molecule has 0 rings (SSSR count). The molecule has 0 aliphatic rings. The third-order valence-corrected chi connectivity index (χ3v) is 0. The Hall–Kier alpha value is 1.47. The van der Waals surface area contributed by atoms with Crippen molar-refractivity contribution in [3.8, 4) is 0 Å². The van der Waals surface area contributed by atoms with Gasteiger partial charge in [-0.25, -0.2) is 0 Å². The van der Waals surface area contributed by atoms with E-state index in [1.165, 1.54) is 0 Å². The van der Waals surface area contributed by atoms with E-state index in [-0.39, 0.29) is 0 Å². The van der Waals surface area contributed by atoms with E-state index < -0.39 is 13.3 Å². The summed E-state index contributed by atoms with van der Waals surface area (Å²) >= 11 is 1.87. The average Bonchev–Trinajstić information content (AvgIpc) is 0.722. The first-order valence-electron chi connectivity index (χ1n) is 1.02. The van der Waals surface area contributed by atoms with Crippen LogP contribution in [0.3, 0.4) is 0 Å². The molecule has 0 saturated heterocycles. The molecule has 0 fully saturated rings. The molecule has 0 N–H and O–H groups in total. The standard InChI is InChI=1S/3CH3.Ag.HI/h3*1H3;;1H/q;;;+1;/p-1. The second-order valence-electron chi connectivity index (χ2n) is 1.25. The van der Waals surface area contributed by atoms with E-state index in [4.69, 9.17) is 0 Å². The molecule has 2 heteroatoms. The van der Waals surface area contributed by atoms with Crippen molar-refractivity contribution in [2.24, 2.45) is 0 Å². The molecule has 0 aliphatic heterocycles. The summed E-state index contributed by atoms with van der Waals surface area (Å²) in [6.07, 6.45) is 0.